The summed E-state index contributed by atoms with van der Waals surface area (Å²) in [5.74, 6) is -1.13. The summed E-state index contributed by atoms with van der Waals surface area (Å²) in [6.45, 7) is 1.65. The van der Waals surface area contributed by atoms with Gasteiger partial charge in [-0.25, -0.2) is 9.59 Å². The molecular weight excluding hydrogens is 210 g/mol. The molecule has 1 amide bonds. The van der Waals surface area contributed by atoms with Crippen LogP contribution in [0.4, 0.5) is 10.5 Å². The fourth-order valence-corrected chi connectivity index (χ4v) is 1.75. The first-order chi connectivity index (χ1) is 7.61. The van der Waals surface area contributed by atoms with E-state index < -0.39 is 24.2 Å². The van der Waals surface area contributed by atoms with E-state index in [0.717, 1.165) is 0 Å². The Morgan fingerprint density at radius 2 is 2.00 bits per heavy atom. The predicted octanol–water partition coefficient (Wildman–Crippen LogP) is 1.48. The van der Waals surface area contributed by atoms with Crippen molar-refractivity contribution in [2.75, 3.05) is 4.90 Å². The van der Waals surface area contributed by atoms with Gasteiger partial charge in [0, 0.05) is 5.69 Å². The van der Waals surface area contributed by atoms with Crippen molar-refractivity contribution in [2.45, 2.75) is 19.1 Å². The zero-order chi connectivity index (χ0) is 11.7. The van der Waals surface area contributed by atoms with Crippen LogP contribution in [-0.4, -0.2) is 29.3 Å². The summed E-state index contributed by atoms with van der Waals surface area (Å²) < 4.78 is 4.79. The molecule has 1 heterocycles. The van der Waals surface area contributed by atoms with Gasteiger partial charge in [-0.15, -0.1) is 0 Å². The van der Waals surface area contributed by atoms with Crippen LogP contribution in [0.3, 0.4) is 0 Å². The molecule has 16 heavy (non-hydrogen) atoms. The summed E-state index contributed by atoms with van der Waals surface area (Å²) in [7, 11) is 0. The largest absolute Gasteiger partial charge is 0.478 e. The van der Waals surface area contributed by atoms with E-state index >= 15 is 0 Å². The SMILES string of the molecule is CC1C(C(=O)O)OC(=O)N1c1ccccc1. The summed E-state index contributed by atoms with van der Waals surface area (Å²) in [4.78, 5) is 23.7. The molecule has 0 aliphatic carbocycles. The molecule has 1 aromatic carbocycles. The van der Waals surface area contributed by atoms with Crippen molar-refractivity contribution in [1.82, 2.24) is 0 Å². The number of anilines is 1. The molecule has 1 aliphatic heterocycles. The van der Waals surface area contributed by atoms with Crippen LogP contribution < -0.4 is 4.90 Å². The summed E-state index contributed by atoms with van der Waals surface area (Å²) >= 11 is 0. The van der Waals surface area contributed by atoms with E-state index in [1.807, 2.05) is 6.07 Å². The second kappa shape index (κ2) is 3.84. The monoisotopic (exact) mass is 221 g/mol. The summed E-state index contributed by atoms with van der Waals surface area (Å²) in [6, 6.07) is 8.36. The van der Waals surface area contributed by atoms with Crippen molar-refractivity contribution in [3.8, 4) is 0 Å². The number of ether oxygens (including phenoxy) is 1. The lowest BCUT2D eigenvalue weighted by Gasteiger charge is -2.18. The Morgan fingerprint density at radius 1 is 1.38 bits per heavy atom. The predicted molar refractivity (Wildman–Crippen MR) is 56.3 cm³/mol. The van der Waals surface area contributed by atoms with Crippen LogP contribution in [0.5, 0.6) is 0 Å². The quantitative estimate of drug-likeness (QED) is 0.821. The minimum absolute atomic E-state index is 0.507. The first kappa shape index (κ1) is 10.5. The Balaban J connectivity index is 2.30. The van der Waals surface area contributed by atoms with Crippen LogP contribution in [0.1, 0.15) is 6.92 Å². The minimum Gasteiger partial charge on any atom is -0.478 e. The van der Waals surface area contributed by atoms with Gasteiger partial charge in [0.05, 0.1) is 6.04 Å². The van der Waals surface area contributed by atoms with Crippen LogP contribution >= 0.6 is 0 Å². The Labute approximate surface area is 92.2 Å². The van der Waals surface area contributed by atoms with Gasteiger partial charge in [0.2, 0.25) is 6.10 Å². The number of nitrogens with zero attached hydrogens (tertiary/aromatic N) is 1. The fraction of sp³-hybridized carbons (Fsp3) is 0.273. The van der Waals surface area contributed by atoms with E-state index in [1.54, 1.807) is 31.2 Å². The lowest BCUT2D eigenvalue weighted by Crippen LogP contribution is -2.37. The lowest BCUT2D eigenvalue weighted by molar-refractivity contribution is -0.145. The van der Waals surface area contributed by atoms with E-state index in [9.17, 15) is 9.59 Å². The van der Waals surface area contributed by atoms with E-state index in [0.29, 0.717) is 5.69 Å². The molecule has 0 saturated carbocycles. The minimum atomic E-state index is -1.13. The fourth-order valence-electron chi connectivity index (χ4n) is 1.75. The highest BCUT2D eigenvalue weighted by atomic mass is 16.6. The highest BCUT2D eigenvalue weighted by Crippen LogP contribution is 2.26. The first-order valence-corrected chi connectivity index (χ1v) is 4.89. The van der Waals surface area contributed by atoms with Crippen molar-refractivity contribution < 1.29 is 19.4 Å². The molecular formula is C11H11NO4. The van der Waals surface area contributed by atoms with Crippen LogP contribution in [-0.2, 0) is 9.53 Å². The number of carboxylic acid groups (broad SMARTS) is 1. The Morgan fingerprint density at radius 3 is 2.50 bits per heavy atom. The third-order valence-corrected chi connectivity index (χ3v) is 2.55. The highest BCUT2D eigenvalue weighted by molar-refractivity contribution is 5.94. The molecule has 2 atom stereocenters. The van der Waals surface area contributed by atoms with E-state index in [2.05, 4.69) is 0 Å². The van der Waals surface area contributed by atoms with Gasteiger partial charge >= 0.3 is 12.1 Å². The first-order valence-electron chi connectivity index (χ1n) is 4.89. The average Bonchev–Trinajstić information content (AvgIpc) is 2.56. The number of hydrogen-bond acceptors (Lipinski definition) is 3. The van der Waals surface area contributed by atoms with Crippen molar-refractivity contribution >= 4 is 17.7 Å². The third kappa shape index (κ3) is 1.60. The number of cyclic esters (lactones) is 1. The normalized spacial score (nSPS) is 24.3. The van der Waals surface area contributed by atoms with Gasteiger partial charge in [-0.1, -0.05) is 18.2 Å². The summed E-state index contributed by atoms with van der Waals surface area (Å²) in [5, 5.41) is 8.86. The van der Waals surface area contributed by atoms with Gasteiger partial charge in [0.25, 0.3) is 0 Å². The molecule has 0 bridgehead atoms. The third-order valence-electron chi connectivity index (χ3n) is 2.55. The Hall–Kier alpha value is -2.04. The average molecular weight is 221 g/mol. The zero-order valence-electron chi connectivity index (χ0n) is 8.66. The van der Waals surface area contributed by atoms with Gasteiger partial charge in [0.1, 0.15) is 0 Å². The van der Waals surface area contributed by atoms with Crippen molar-refractivity contribution in [2.24, 2.45) is 0 Å². The van der Waals surface area contributed by atoms with Crippen LogP contribution in [0.15, 0.2) is 30.3 Å². The number of rotatable bonds is 2. The molecule has 1 aliphatic rings. The zero-order valence-corrected chi connectivity index (χ0v) is 8.66. The number of carboxylic acids is 1. The van der Waals surface area contributed by atoms with Gasteiger partial charge in [-0.05, 0) is 19.1 Å². The maximum atomic E-state index is 11.5. The second-order valence-electron chi connectivity index (χ2n) is 3.59. The smallest absolute Gasteiger partial charge is 0.415 e. The molecule has 2 rings (SSSR count). The topological polar surface area (TPSA) is 66.8 Å². The molecule has 5 heteroatoms. The molecule has 1 N–H and O–H groups in total. The second-order valence-corrected chi connectivity index (χ2v) is 3.59. The number of aliphatic carboxylic acids is 1. The molecule has 2 unspecified atom stereocenters. The number of benzene rings is 1. The molecule has 0 radical (unpaired) electrons. The number of carbonyl (C=O) groups excluding carboxylic acids is 1. The number of carbonyl (C=O) groups is 2. The van der Waals surface area contributed by atoms with E-state index in [-0.39, 0.29) is 0 Å². The highest BCUT2D eigenvalue weighted by Gasteiger charge is 2.43. The molecule has 1 fully saturated rings. The van der Waals surface area contributed by atoms with Crippen LogP contribution in [0.2, 0.25) is 0 Å². The van der Waals surface area contributed by atoms with Gasteiger partial charge in [0.15, 0.2) is 0 Å². The Bertz CT molecular complexity index is 417. The van der Waals surface area contributed by atoms with Crippen molar-refractivity contribution in [3.05, 3.63) is 30.3 Å². The number of hydrogen-bond donors (Lipinski definition) is 1. The maximum Gasteiger partial charge on any atom is 0.415 e. The Kier molecular flexibility index (Phi) is 2.52. The van der Waals surface area contributed by atoms with E-state index in [4.69, 9.17) is 9.84 Å². The number of amides is 1. The van der Waals surface area contributed by atoms with Crippen LogP contribution in [0.25, 0.3) is 0 Å². The van der Waals surface area contributed by atoms with E-state index in [1.165, 1.54) is 4.90 Å². The molecule has 0 spiro atoms. The van der Waals surface area contributed by atoms with Crippen LogP contribution in [0, 0.1) is 0 Å². The van der Waals surface area contributed by atoms with Gasteiger partial charge < -0.3 is 9.84 Å². The summed E-state index contributed by atoms with van der Waals surface area (Å²) in [6.07, 6.45) is -1.72. The molecule has 84 valence electrons. The van der Waals surface area contributed by atoms with Crippen molar-refractivity contribution in [1.29, 1.82) is 0 Å². The molecule has 0 aromatic heterocycles. The number of para-hydroxylation sites is 1. The lowest BCUT2D eigenvalue weighted by atomic mass is 10.1. The maximum absolute atomic E-state index is 11.5. The van der Waals surface area contributed by atoms with Gasteiger partial charge in [-0.2, -0.15) is 0 Å². The van der Waals surface area contributed by atoms with Crippen molar-refractivity contribution in [3.63, 3.8) is 0 Å². The molecule has 1 saturated heterocycles. The van der Waals surface area contributed by atoms with Gasteiger partial charge in [-0.3, -0.25) is 4.90 Å². The summed E-state index contributed by atoms with van der Waals surface area (Å²) in [5.41, 5.74) is 0.642. The molecule has 5 nitrogen and oxygen atoms in total. The molecule has 1 aromatic rings. The standard InChI is InChI=1S/C11H11NO4/c1-7-9(10(13)14)16-11(15)12(7)8-5-3-2-4-6-8/h2-7,9H,1H3,(H,13,14).